The van der Waals surface area contributed by atoms with Crippen LogP contribution < -0.4 is 10.6 Å². The maximum atomic E-state index is 12.5. The Hall–Kier alpha value is -2.44. The fraction of sp³-hybridized carbons (Fsp3) is 0.714. The molecule has 0 bridgehead atoms. The third-order valence-electron chi connectivity index (χ3n) is 6.33. The van der Waals surface area contributed by atoms with Crippen molar-refractivity contribution in [3.8, 4) is 0 Å². The highest BCUT2D eigenvalue weighted by Gasteiger charge is 2.22. The lowest BCUT2D eigenvalue weighted by Gasteiger charge is -2.09. The van der Waals surface area contributed by atoms with Gasteiger partial charge in [0.15, 0.2) is 0 Å². The van der Waals surface area contributed by atoms with E-state index >= 15 is 0 Å². The molecule has 7 nitrogen and oxygen atoms in total. The molecular weight excluding hydrogens is 442 g/mol. The zero-order chi connectivity index (χ0) is 25.7. The second-order valence-corrected chi connectivity index (χ2v) is 9.45. The van der Waals surface area contributed by atoms with E-state index in [1.807, 2.05) is 0 Å². The van der Waals surface area contributed by atoms with E-state index in [-0.39, 0.29) is 22.7 Å². The Morgan fingerprint density at radius 2 is 1.11 bits per heavy atom. The van der Waals surface area contributed by atoms with Gasteiger partial charge in [-0.15, -0.1) is 0 Å². The second kappa shape index (κ2) is 19.8. The van der Waals surface area contributed by atoms with Crippen LogP contribution in [0.3, 0.4) is 0 Å². The molecule has 0 fully saturated rings. The van der Waals surface area contributed by atoms with Crippen LogP contribution in [0.5, 0.6) is 0 Å². The van der Waals surface area contributed by atoms with Gasteiger partial charge in [0.2, 0.25) is 0 Å². The lowest BCUT2D eigenvalue weighted by molar-refractivity contribution is -0.385. The average molecular weight is 490 g/mol. The Kier molecular flexibility index (Phi) is 17.3. The van der Waals surface area contributed by atoms with Crippen LogP contribution in [0.2, 0.25) is 0 Å². The van der Waals surface area contributed by atoms with E-state index < -0.39 is 10.8 Å². The van der Waals surface area contributed by atoms with Crippen LogP contribution >= 0.6 is 0 Å². The molecular formula is C28H47N3O4. The molecule has 0 aliphatic carbocycles. The number of nitrogens with one attached hydrogen (secondary N) is 2. The zero-order valence-corrected chi connectivity index (χ0v) is 22.0. The van der Waals surface area contributed by atoms with Gasteiger partial charge in [-0.2, -0.15) is 0 Å². The largest absolute Gasteiger partial charge is 0.352 e. The molecule has 0 aromatic heterocycles. The quantitative estimate of drug-likeness (QED) is 0.107. The summed E-state index contributed by atoms with van der Waals surface area (Å²) in [5, 5.41) is 17.2. The summed E-state index contributed by atoms with van der Waals surface area (Å²) < 4.78 is 0. The number of unbranched alkanes of at least 4 members (excludes halogenated alkanes) is 14. The Labute approximate surface area is 212 Å². The summed E-state index contributed by atoms with van der Waals surface area (Å²) in [6, 6.07) is 4.07. The maximum absolute atomic E-state index is 12.5. The molecule has 0 spiro atoms. The minimum absolute atomic E-state index is 0.00538. The van der Waals surface area contributed by atoms with Crippen molar-refractivity contribution >= 4 is 17.5 Å². The third kappa shape index (κ3) is 13.9. The maximum Gasteiger partial charge on any atom is 0.282 e. The molecule has 0 radical (unpaired) electrons. The Morgan fingerprint density at radius 3 is 1.57 bits per heavy atom. The van der Waals surface area contributed by atoms with Crippen molar-refractivity contribution in [2.45, 2.75) is 117 Å². The van der Waals surface area contributed by atoms with Crippen LogP contribution in [-0.2, 0) is 0 Å². The van der Waals surface area contributed by atoms with E-state index in [4.69, 9.17) is 0 Å². The first-order valence-corrected chi connectivity index (χ1v) is 13.9. The monoisotopic (exact) mass is 489 g/mol. The molecule has 0 heterocycles. The van der Waals surface area contributed by atoms with Gasteiger partial charge in [0.05, 0.1) is 4.92 Å². The number of benzene rings is 1. The summed E-state index contributed by atoms with van der Waals surface area (Å²) in [6.45, 7) is 5.44. The number of carbonyl (C=O) groups excluding carboxylic acids is 2. The first kappa shape index (κ1) is 30.6. The fourth-order valence-corrected chi connectivity index (χ4v) is 4.13. The summed E-state index contributed by atoms with van der Waals surface area (Å²) >= 11 is 0. The van der Waals surface area contributed by atoms with Crippen LogP contribution in [0, 0.1) is 10.1 Å². The molecule has 1 rings (SSSR count). The number of nitro groups is 1. The lowest BCUT2D eigenvalue weighted by atomic mass is 10.1. The van der Waals surface area contributed by atoms with Crippen molar-refractivity contribution < 1.29 is 14.5 Å². The van der Waals surface area contributed by atoms with Gasteiger partial charge >= 0.3 is 0 Å². The van der Waals surface area contributed by atoms with Crippen LogP contribution in [0.4, 0.5) is 5.69 Å². The van der Waals surface area contributed by atoms with Crippen LogP contribution in [0.15, 0.2) is 18.2 Å². The molecule has 0 aliphatic heterocycles. The highest BCUT2D eigenvalue weighted by molar-refractivity contribution is 6.01. The number of hydrogen-bond donors (Lipinski definition) is 2. The van der Waals surface area contributed by atoms with E-state index in [1.165, 1.54) is 82.4 Å². The zero-order valence-electron chi connectivity index (χ0n) is 22.0. The molecule has 2 N–H and O–H groups in total. The van der Waals surface area contributed by atoms with E-state index in [0.717, 1.165) is 38.5 Å². The van der Waals surface area contributed by atoms with Crippen LogP contribution in [0.1, 0.15) is 137 Å². The van der Waals surface area contributed by atoms with Crippen LogP contribution in [0.25, 0.3) is 0 Å². The summed E-state index contributed by atoms with van der Waals surface area (Å²) in [5.74, 6) is -0.813. The van der Waals surface area contributed by atoms with Gasteiger partial charge in [0, 0.05) is 24.7 Å². The summed E-state index contributed by atoms with van der Waals surface area (Å²) in [7, 11) is 0. The average Bonchev–Trinajstić information content (AvgIpc) is 2.86. The fourth-order valence-electron chi connectivity index (χ4n) is 4.13. The van der Waals surface area contributed by atoms with E-state index in [1.54, 1.807) is 0 Å². The first-order valence-electron chi connectivity index (χ1n) is 13.9. The van der Waals surface area contributed by atoms with Crippen molar-refractivity contribution in [3.63, 3.8) is 0 Å². The molecule has 0 aliphatic rings. The first-order chi connectivity index (χ1) is 17.0. The van der Waals surface area contributed by atoms with Gasteiger partial charge in [-0.1, -0.05) is 104 Å². The van der Waals surface area contributed by atoms with Crippen molar-refractivity contribution in [1.82, 2.24) is 10.6 Å². The molecule has 0 unspecified atom stereocenters. The second-order valence-electron chi connectivity index (χ2n) is 9.45. The van der Waals surface area contributed by atoms with Crippen molar-refractivity contribution in [2.75, 3.05) is 13.1 Å². The minimum Gasteiger partial charge on any atom is -0.352 e. The lowest BCUT2D eigenvalue weighted by Crippen LogP contribution is -2.27. The Balaban J connectivity index is 2.39. The predicted molar refractivity (Wildman–Crippen MR) is 143 cm³/mol. The van der Waals surface area contributed by atoms with Gasteiger partial charge in [-0.3, -0.25) is 19.7 Å². The molecule has 1 aromatic rings. The smallest absolute Gasteiger partial charge is 0.282 e. The van der Waals surface area contributed by atoms with Gasteiger partial charge in [0.1, 0.15) is 5.56 Å². The molecule has 1 aromatic carbocycles. The molecule has 0 saturated carbocycles. The van der Waals surface area contributed by atoms with Gasteiger partial charge in [-0.25, -0.2) is 0 Å². The normalized spacial score (nSPS) is 10.8. The summed E-state index contributed by atoms with van der Waals surface area (Å²) in [6.07, 6.45) is 18.7. The molecule has 2 amide bonds. The number of amides is 2. The number of hydrogen-bond acceptors (Lipinski definition) is 4. The third-order valence-corrected chi connectivity index (χ3v) is 6.33. The standard InChI is InChI=1S/C28H47N3O4/c1-3-5-7-9-11-13-15-17-21-29-27(32)24-19-20-25(26(23-24)31(34)35)28(33)30-22-18-16-14-12-10-8-6-4-2/h19-20,23H,3-18,21-22H2,1-2H3,(H,29,32)(H,30,33). The highest BCUT2D eigenvalue weighted by Crippen LogP contribution is 2.21. The molecule has 7 heteroatoms. The van der Waals surface area contributed by atoms with Crippen molar-refractivity contribution in [1.29, 1.82) is 0 Å². The van der Waals surface area contributed by atoms with Gasteiger partial charge in [0.25, 0.3) is 17.5 Å². The Bertz CT molecular complexity index is 752. The number of nitrogens with zero attached hydrogens (tertiary/aromatic N) is 1. The predicted octanol–water partition coefficient (Wildman–Crippen LogP) is 7.34. The molecule has 0 saturated heterocycles. The van der Waals surface area contributed by atoms with E-state index in [2.05, 4.69) is 24.5 Å². The molecule has 35 heavy (non-hydrogen) atoms. The molecule has 0 atom stereocenters. The topological polar surface area (TPSA) is 101 Å². The van der Waals surface area contributed by atoms with Gasteiger partial charge in [-0.05, 0) is 25.0 Å². The number of nitro benzene ring substituents is 1. The molecule has 198 valence electrons. The SMILES string of the molecule is CCCCCCCCCCNC(=O)c1ccc(C(=O)NCCCCCCCCCC)c([N+](=O)[O-])c1. The van der Waals surface area contributed by atoms with E-state index in [0.29, 0.717) is 13.1 Å². The summed E-state index contributed by atoms with van der Waals surface area (Å²) in [4.78, 5) is 35.9. The summed E-state index contributed by atoms with van der Waals surface area (Å²) in [5.41, 5.74) is -0.136. The van der Waals surface area contributed by atoms with E-state index in [9.17, 15) is 19.7 Å². The number of rotatable bonds is 21. The minimum atomic E-state index is -0.597. The highest BCUT2D eigenvalue weighted by atomic mass is 16.6. The van der Waals surface area contributed by atoms with Crippen molar-refractivity contribution in [3.05, 3.63) is 39.4 Å². The van der Waals surface area contributed by atoms with Crippen molar-refractivity contribution in [2.24, 2.45) is 0 Å². The Morgan fingerprint density at radius 1 is 0.686 bits per heavy atom. The van der Waals surface area contributed by atoms with Crippen LogP contribution in [-0.4, -0.2) is 29.8 Å². The number of carbonyl (C=O) groups is 2. The van der Waals surface area contributed by atoms with Gasteiger partial charge < -0.3 is 10.6 Å².